The Hall–Kier alpha value is -2.72. The predicted molar refractivity (Wildman–Crippen MR) is 78.0 cm³/mol. The molecule has 0 aliphatic carbocycles. The van der Waals surface area contributed by atoms with Crippen molar-refractivity contribution in [2.24, 2.45) is 0 Å². The second-order valence-electron chi connectivity index (χ2n) is 3.97. The summed E-state index contributed by atoms with van der Waals surface area (Å²) in [5, 5.41) is 20.4. The molecule has 0 fully saturated rings. The summed E-state index contributed by atoms with van der Waals surface area (Å²) in [5.41, 5.74) is 0.492. The third-order valence-electron chi connectivity index (χ3n) is 2.60. The number of nitrogens with zero attached hydrogens (tertiary/aromatic N) is 2. The summed E-state index contributed by atoms with van der Waals surface area (Å²) >= 11 is 3.23. The summed E-state index contributed by atoms with van der Waals surface area (Å²) < 4.78 is 0.516. The van der Waals surface area contributed by atoms with Crippen LogP contribution in [0, 0.1) is 11.3 Å². The Morgan fingerprint density at radius 3 is 2.71 bits per heavy atom. The molecule has 1 aromatic carbocycles. The summed E-state index contributed by atoms with van der Waals surface area (Å²) in [4.78, 5) is 27.0. The number of nitrogens with one attached hydrogen (secondary N) is 1. The molecule has 0 bridgehead atoms. The van der Waals surface area contributed by atoms with Crippen LogP contribution >= 0.6 is 15.9 Å². The molecule has 7 heteroatoms. The van der Waals surface area contributed by atoms with Gasteiger partial charge in [-0.15, -0.1) is 0 Å². The Morgan fingerprint density at radius 2 is 2.10 bits per heavy atom. The Labute approximate surface area is 128 Å². The van der Waals surface area contributed by atoms with Crippen molar-refractivity contribution < 1.29 is 14.7 Å². The number of anilines is 1. The first-order chi connectivity index (χ1) is 10.0. The molecule has 2 N–H and O–H groups in total. The van der Waals surface area contributed by atoms with Gasteiger partial charge in [-0.3, -0.25) is 9.78 Å². The fraction of sp³-hybridized carbons (Fsp3) is 0. The monoisotopic (exact) mass is 345 g/mol. The molecule has 1 amide bonds. The van der Waals surface area contributed by atoms with E-state index >= 15 is 0 Å². The molecule has 2 rings (SSSR count). The van der Waals surface area contributed by atoms with Crippen molar-refractivity contribution in [2.75, 3.05) is 5.32 Å². The normalized spacial score (nSPS) is 9.71. The van der Waals surface area contributed by atoms with Crippen LogP contribution in [-0.4, -0.2) is 22.0 Å². The number of halogens is 1. The molecule has 0 unspecified atom stereocenters. The minimum atomic E-state index is -1.23. The van der Waals surface area contributed by atoms with Gasteiger partial charge in [0.15, 0.2) is 0 Å². The number of aromatic carboxylic acids is 1. The molecule has 6 nitrogen and oxygen atoms in total. The Balaban J connectivity index is 2.31. The van der Waals surface area contributed by atoms with Crippen LogP contribution in [0.15, 0.2) is 41.0 Å². The van der Waals surface area contributed by atoms with E-state index in [1.807, 2.05) is 6.07 Å². The van der Waals surface area contributed by atoms with Crippen LogP contribution in [0.5, 0.6) is 0 Å². The van der Waals surface area contributed by atoms with Gasteiger partial charge in [0.1, 0.15) is 5.69 Å². The highest BCUT2D eigenvalue weighted by molar-refractivity contribution is 9.10. The molecule has 0 saturated heterocycles. The minimum Gasteiger partial charge on any atom is -0.478 e. The van der Waals surface area contributed by atoms with Gasteiger partial charge in [0.25, 0.3) is 5.91 Å². The van der Waals surface area contributed by atoms with E-state index in [2.05, 4.69) is 26.2 Å². The quantitative estimate of drug-likeness (QED) is 0.889. The summed E-state index contributed by atoms with van der Waals surface area (Å²) in [7, 11) is 0. The molecule has 0 radical (unpaired) electrons. The molecule has 0 saturated carbocycles. The lowest BCUT2D eigenvalue weighted by Crippen LogP contribution is -2.18. The molecule has 21 heavy (non-hydrogen) atoms. The first-order valence-electron chi connectivity index (χ1n) is 5.72. The van der Waals surface area contributed by atoms with Gasteiger partial charge in [0.2, 0.25) is 0 Å². The fourth-order valence-corrected chi connectivity index (χ4v) is 2.10. The molecule has 0 aliphatic rings. The van der Waals surface area contributed by atoms with Gasteiger partial charge in [-0.2, -0.15) is 5.26 Å². The van der Waals surface area contributed by atoms with Crippen LogP contribution in [0.2, 0.25) is 0 Å². The maximum atomic E-state index is 12.1. The minimum absolute atomic E-state index is 0.179. The first-order valence-corrected chi connectivity index (χ1v) is 6.51. The molecular weight excluding hydrogens is 338 g/mol. The number of amides is 1. The lowest BCUT2D eigenvalue weighted by Gasteiger charge is -2.08. The van der Waals surface area contributed by atoms with Gasteiger partial charge in [-0.25, -0.2) is 4.79 Å². The van der Waals surface area contributed by atoms with Crippen LogP contribution in [0.25, 0.3) is 0 Å². The SMILES string of the molecule is N#Cc1ccc(NC(=O)c2ncccc2C(=O)O)c(Br)c1. The number of benzene rings is 1. The summed E-state index contributed by atoms with van der Waals surface area (Å²) in [6.45, 7) is 0. The van der Waals surface area contributed by atoms with E-state index in [-0.39, 0.29) is 11.3 Å². The highest BCUT2D eigenvalue weighted by Crippen LogP contribution is 2.24. The Kier molecular flexibility index (Phi) is 4.30. The van der Waals surface area contributed by atoms with E-state index in [9.17, 15) is 9.59 Å². The average Bonchev–Trinajstić information content (AvgIpc) is 2.49. The van der Waals surface area contributed by atoms with Crippen molar-refractivity contribution in [2.45, 2.75) is 0 Å². The lowest BCUT2D eigenvalue weighted by molar-refractivity contribution is 0.0691. The van der Waals surface area contributed by atoms with Crippen LogP contribution in [-0.2, 0) is 0 Å². The number of carboxylic acid groups (broad SMARTS) is 1. The topological polar surface area (TPSA) is 103 Å². The van der Waals surface area contributed by atoms with E-state index in [4.69, 9.17) is 10.4 Å². The smallest absolute Gasteiger partial charge is 0.338 e. The number of nitriles is 1. The van der Waals surface area contributed by atoms with Crippen molar-refractivity contribution in [3.8, 4) is 6.07 Å². The summed E-state index contributed by atoms with van der Waals surface area (Å²) in [5.74, 6) is -1.87. The second kappa shape index (κ2) is 6.15. The van der Waals surface area contributed by atoms with E-state index in [1.54, 1.807) is 12.1 Å². The molecule has 104 valence electrons. The standard InChI is InChI=1S/C14H8BrN3O3/c15-10-6-8(7-16)3-4-11(10)18-13(19)12-9(14(20)21)2-1-5-17-12/h1-6H,(H,18,19)(H,20,21). The highest BCUT2D eigenvalue weighted by Gasteiger charge is 2.18. The van der Waals surface area contributed by atoms with Gasteiger partial charge < -0.3 is 10.4 Å². The molecule has 0 spiro atoms. The van der Waals surface area contributed by atoms with Gasteiger partial charge >= 0.3 is 5.97 Å². The summed E-state index contributed by atoms with van der Waals surface area (Å²) in [6.07, 6.45) is 1.34. The van der Waals surface area contributed by atoms with Crippen LogP contribution < -0.4 is 5.32 Å². The molecule has 1 heterocycles. The maximum Gasteiger partial charge on any atom is 0.338 e. The largest absolute Gasteiger partial charge is 0.478 e. The third kappa shape index (κ3) is 3.24. The number of hydrogen-bond acceptors (Lipinski definition) is 4. The number of pyridine rings is 1. The number of aromatic nitrogens is 1. The van der Waals surface area contributed by atoms with E-state index in [1.165, 1.54) is 24.4 Å². The Morgan fingerprint density at radius 1 is 1.33 bits per heavy atom. The number of carboxylic acids is 1. The summed E-state index contributed by atoms with van der Waals surface area (Å²) in [6, 6.07) is 9.35. The van der Waals surface area contributed by atoms with Crippen LogP contribution in [0.4, 0.5) is 5.69 Å². The number of rotatable bonds is 3. The lowest BCUT2D eigenvalue weighted by atomic mass is 10.1. The van der Waals surface area contributed by atoms with E-state index in [0.717, 1.165) is 0 Å². The zero-order chi connectivity index (χ0) is 15.4. The van der Waals surface area contributed by atoms with E-state index in [0.29, 0.717) is 15.7 Å². The first kappa shape index (κ1) is 14.7. The average molecular weight is 346 g/mol. The molecule has 0 atom stereocenters. The molecule has 2 aromatic rings. The number of hydrogen-bond donors (Lipinski definition) is 2. The van der Waals surface area contributed by atoms with Crippen LogP contribution in [0.1, 0.15) is 26.4 Å². The fourth-order valence-electron chi connectivity index (χ4n) is 1.63. The second-order valence-corrected chi connectivity index (χ2v) is 4.82. The van der Waals surface area contributed by atoms with Crippen molar-refractivity contribution in [3.63, 3.8) is 0 Å². The third-order valence-corrected chi connectivity index (χ3v) is 3.26. The molecule has 0 aliphatic heterocycles. The van der Waals surface area contributed by atoms with Gasteiger partial charge in [0, 0.05) is 10.7 Å². The zero-order valence-electron chi connectivity index (χ0n) is 10.5. The van der Waals surface area contributed by atoms with Gasteiger partial charge in [0.05, 0.1) is 22.9 Å². The Bertz CT molecular complexity index is 768. The van der Waals surface area contributed by atoms with Crippen molar-refractivity contribution >= 4 is 33.5 Å². The predicted octanol–water partition coefficient (Wildman–Crippen LogP) is 2.67. The van der Waals surface area contributed by atoms with Crippen molar-refractivity contribution in [1.29, 1.82) is 5.26 Å². The highest BCUT2D eigenvalue weighted by atomic mass is 79.9. The van der Waals surface area contributed by atoms with Gasteiger partial charge in [-0.05, 0) is 46.3 Å². The van der Waals surface area contributed by atoms with Gasteiger partial charge in [-0.1, -0.05) is 0 Å². The maximum absolute atomic E-state index is 12.1. The number of carbonyl (C=O) groups excluding carboxylic acids is 1. The van der Waals surface area contributed by atoms with E-state index < -0.39 is 11.9 Å². The van der Waals surface area contributed by atoms with Crippen LogP contribution in [0.3, 0.4) is 0 Å². The van der Waals surface area contributed by atoms with Crippen molar-refractivity contribution in [3.05, 3.63) is 57.8 Å². The molecule has 1 aromatic heterocycles. The zero-order valence-corrected chi connectivity index (χ0v) is 12.1. The molecular formula is C14H8BrN3O3. The number of carbonyl (C=O) groups is 2. The van der Waals surface area contributed by atoms with Crippen molar-refractivity contribution in [1.82, 2.24) is 4.98 Å².